The Kier molecular flexibility index (Phi) is 4.15. The molecular weight excluding hydrogens is 278 g/mol. The third-order valence-corrected chi connectivity index (χ3v) is 5.63. The molecule has 0 saturated carbocycles. The molecule has 0 amide bonds. The van der Waals surface area contributed by atoms with Crippen LogP contribution < -0.4 is 0 Å². The topological polar surface area (TPSA) is 73.7 Å². The Bertz CT molecular complexity index is 569. The van der Waals surface area contributed by atoms with Crippen molar-refractivity contribution < 1.29 is 13.5 Å². The Morgan fingerprint density at radius 3 is 2.55 bits per heavy atom. The summed E-state index contributed by atoms with van der Waals surface area (Å²) in [4.78, 5) is 6.11. The zero-order chi connectivity index (χ0) is 15.0. The van der Waals surface area contributed by atoms with Crippen LogP contribution in [-0.2, 0) is 16.6 Å². The molecule has 1 N–H and O–H groups in total. The molecule has 0 aliphatic carbocycles. The molecule has 0 bridgehead atoms. The molecule has 1 aliphatic rings. The highest BCUT2D eigenvalue weighted by Crippen LogP contribution is 2.24. The second-order valence-corrected chi connectivity index (χ2v) is 7.62. The van der Waals surface area contributed by atoms with Crippen molar-refractivity contribution in [2.45, 2.75) is 31.0 Å². The first-order chi connectivity index (χ1) is 9.27. The molecule has 1 saturated heterocycles. The lowest BCUT2D eigenvalue weighted by atomic mass is 10.0. The van der Waals surface area contributed by atoms with Gasteiger partial charge in [0.2, 0.25) is 0 Å². The van der Waals surface area contributed by atoms with Gasteiger partial charge in [-0.25, -0.2) is 13.4 Å². The predicted octanol–water partition coefficient (Wildman–Crippen LogP) is 0.289. The van der Waals surface area contributed by atoms with Crippen molar-refractivity contribution in [1.82, 2.24) is 14.2 Å². The van der Waals surface area contributed by atoms with E-state index in [0.29, 0.717) is 25.2 Å². The zero-order valence-corrected chi connectivity index (χ0v) is 12.9. The minimum absolute atomic E-state index is 0.0371. The molecule has 20 heavy (non-hydrogen) atoms. The van der Waals surface area contributed by atoms with Crippen LogP contribution in [0.15, 0.2) is 23.4 Å². The lowest BCUT2D eigenvalue weighted by Crippen LogP contribution is -2.58. The number of likely N-dealkylation sites (N-methyl/N-ethyl adjacent to an activating group) is 1. The van der Waals surface area contributed by atoms with Crippen molar-refractivity contribution >= 4 is 10.0 Å². The third kappa shape index (κ3) is 2.85. The molecule has 1 aliphatic heterocycles. The molecule has 2 rings (SSSR count). The van der Waals surface area contributed by atoms with Gasteiger partial charge >= 0.3 is 0 Å². The van der Waals surface area contributed by atoms with E-state index in [1.807, 2.05) is 20.9 Å². The van der Waals surface area contributed by atoms with Gasteiger partial charge in [-0.2, -0.15) is 4.31 Å². The van der Waals surface area contributed by atoms with E-state index in [2.05, 4.69) is 9.88 Å². The average Bonchev–Trinajstić information content (AvgIpc) is 2.41. The monoisotopic (exact) mass is 299 g/mol. The smallest absolute Gasteiger partial charge is 0.260 e. The lowest BCUT2D eigenvalue weighted by Gasteiger charge is -2.44. The van der Waals surface area contributed by atoms with E-state index in [4.69, 9.17) is 5.11 Å². The molecule has 1 aromatic rings. The van der Waals surface area contributed by atoms with E-state index in [1.54, 1.807) is 6.07 Å². The maximum absolute atomic E-state index is 12.6. The first-order valence-electron chi connectivity index (χ1n) is 6.54. The maximum Gasteiger partial charge on any atom is 0.260 e. The summed E-state index contributed by atoms with van der Waals surface area (Å²) < 4.78 is 26.6. The number of aliphatic hydroxyl groups is 1. The molecule has 0 aromatic carbocycles. The zero-order valence-electron chi connectivity index (χ0n) is 12.1. The average molecular weight is 299 g/mol. The fourth-order valence-electron chi connectivity index (χ4n) is 2.19. The molecule has 2 heterocycles. The second kappa shape index (κ2) is 5.40. The van der Waals surface area contributed by atoms with Crippen LogP contribution in [0.2, 0.25) is 0 Å². The molecule has 7 heteroatoms. The highest BCUT2D eigenvalue weighted by molar-refractivity contribution is 7.89. The first kappa shape index (κ1) is 15.4. The number of hydrogen-bond donors (Lipinski definition) is 1. The molecule has 0 unspecified atom stereocenters. The van der Waals surface area contributed by atoms with Crippen molar-refractivity contribution in [2.24, 2.45) is 0 Å². The Balaban J connectivity index is 2.26. The number of hydrogen-bond acceptors (Lipinski definition) is 5. The molecule has 0 atom stereocenters. The van der Waals surface area contributed by atoms with Gasteiger partial charge < -0.3 is 5.11 Å². The molecule has 6 nitrogen and oxygen atoms in total. The van der Waals surface area contributed by atoms with Crippen LogP contribution >= 0.6 is 0 Å². The number of aliphatic hydroxyl groups excluding tert-OH is 1. The minimum Gasteiger partial charge on any atom is -0.392 e. The molecule has 0 radical (unpaired) electrons. The van der Waals surface area contributed by atoms with Gasteiger partial charge in [0.05, 0.1) is 6.61 Å². The SMILES string of the molecule is CN1CCN(S(=O)(=O)c2ccc(CO)cn2)CC1(C)C. The van der Waals surface area contributed by atoms with Crippen molar-refractivity contribution in [3.63, 3.8) is 0 Å². The van der Waals surface area contributed by atoms with E-state index < -0.39 is 10.0 Å². The predicted molar refractivity (Wildman–Crippen MR) is 75.6 cm³/mol. The Labute approximate surface area is 120 Å². The Hall–Kier alpha value is -1.02. The van der Waals surface area contributed by atoms with Gasteiger partial charge in [-0.1, -0.05) is 6.07 Å². The van der Waals surface area contributed by atoms with Crippen LogP contribution in [0.25, 0.3) is 0 Å². The van der Waals surface area contributed by atoms with Crippen molar-refractivity contribution in [2.75, 3.05) is 26.7 Å². The van der Waals surface area contributed by atoms with Crippen LogP contribution in [0.1, 0.15) is 19.4 Å². The normalized spacial score (nSPS) is 21.0. The largest absolute Gasteiger partial charge is 0.392 e. The molecule has 112 valence electrons. The van der Waals surface area contributed by atoms with Crippen LogP contribution in [0.4, 0.5) is 0 Å². The van der Waals surface area contributed by atoms with Crippen molar-refractivity contribution in [1.29, 1.82) is 0 Å². The summed E-state index contributed by atoms with van der Waals surface area (Å²) in [7, 11) is -1.57. The van der Waals surface area contributed by atoms with Crippen LogP contribution in [0.3, 0.4) is 0 Å². The first-order valence-corrected chi connectivity index (χ1v) is 7.98. The Morgan fingerprint density at radius 2 is 2.05 bits per heavy atom. The number of rotatable bonds is 3. The van der Waals surface area contributed by atoms with Gasteiger partial charge in [-0.15, -0.1) is 0 Å². The third-order valence-electron chi connectivity index (χ3n) is 3.87. The van der Waals surface area contributed by atoms with Gasteiger partial charge in [0.25, 0.3) is 10.0 Å². The standard InChI is InChI=1S/C13H21N3O3S/c1-13(2)10-16(7-6-15(13)3)20(18,19)12-5-4-11(9-17)8-14-12/h4-5,8,17H,6-7,9-10H2,1-3H3. The van der Waals surface area contributed by atoms with Crippen LogP contribution in [0, 0.1) is 0 Å². The fraction of sp³-hybridized carbons (Fsp3) is 0.615. The van der Waals surface area contributed by atoms with E-state index in [9.17, 15) is 8.42 Å². The summed E-state index contributed by atoms with van der Waals surface area (Å²) in [6, 6.07) is 3.04. The summed E-state index contributed by atoms with van der Waals surface area (Å²) in [5.74, 6) is 0. The van der Waals surface area contributed by atoms with Gasteiger partial charge in [-0.3, -0.25) is 4.90 Å². The number of piperazine rings is 1. The molecule has 1 fully saturated rings. The second-order valence-electron chi connectivity index (χ2n) is 5.74. The lowest BCUT2D eigenvalue weighted by molar-refractivity contribution is 0.0800. The van der Waals surface area contributed by atoms with E-state index in [-0.39, 0.29) is 17.2 Å². The Morgan fingerprint density at radius 1 is 1.35 bits per heavy atom. The van der Waals surface area contributed by atoms with Gasteiger partial charge in [-0.05, 0) is 32.5 Å². The van der Waals surface area contributed by atoms with Gasteiger partial charge in [0.15, 0.2) is 5.03 Å². The van der Waals surface area contributed by atoms with E-state index >= 15 is 0 Å². The van der Waals surface area contributed by atoms with Crippen molar-refractivity contribution in [3.8, 4) is 0 Å². The molecule has 0 spiro atoms. The minimum atomic E-state index is -3.57. The number of sulfonamides is 1. The highest BCUT2D eigenvalue weighted by atomic mass is 32.2. The summed E-state index contributed by atoms with van der Waals surface area (Å²) in [5.41, 5.74) is 0.402. The van der Waals surface area contributed by atoms with Crippen LogP contribution in [0.5, 0.6) is 0 Å². The summed E-state index contributed by atoms with van der Waals surface area (Å²) in [6.45, 7) is 5.50. The summed E-state index contributed by atoms with van der Waals surface area (Å²) >= 11 is 0. The highest BCUT2D eigenvalue weighted by Gasteiger charge is 2.37. The number of aromatic nitrogens is 1. The van der Waals surface area contributed by atoms with Crippen molar-refractivity contribution in [3.05, 3.63) is 23.9 Å². The summed E-state index contributed by atoms with van der Waals surface area (Å²) in [6.07, 6.45) is 1.40. The van der Waals surface area contributed by atoms with E-state index in [0.717, 1.165) is 0 Å². The summed E-state index contributed by atoms with van der Waals surface area (Å²) in [5, 5.41) is 9.01. The fourth-order valence-corrected chi connectivity index (χ4v) is 3.69. The quantitative estimate of drug-likeness (QED) is 0.868. The molecular formula is C13H21N3O3S. The number of pyridine rings is 1. The maximum atomic E-state index is 12.6. The van der Waals surface area contributed by atoms with E-state index in [1.165, 1.54) is 16.6 Å². The molecule has 1 aromatic heterocycles. The van der Waals surface area contributed by atoms with Crippen LogP contribution in [-0.4, -0.2) is 59.9 Å². The van der Waals surface area contributed by atoms with Gasteiger partial charge in [0.1, 0.15) is 0 Å². The van der Waals surface area contributed by atoms with Gasteiger partial charge in [0, 0.05) is 31.4 Å². The number of nitrogens with zero attached hydrogens (tertiary/aromatic N) is 3.